The Kier molecular flexibility index (Phi) is 5.19. The predicted octanol–water partition coefficient (Wildman–Crippen LogP) is 2.67. The summed E-state index contributed by atoms with van der Waals surface area (Å²) in [6.45, 7) is 7.33. The fourth-order valence-electron chi connectivity index (χ4n) is 0.914. The van der Waals surface area contributed by atoms with Gasteiger partial charge in [-0.05, 0) is 25.5 Å². The molecule has 0 aliphatic rings. The van der Waals surface area contributed by atoms with E-state index in [1.54, 1.807) is 19.1 Å². The number of hydrogen-bond acceptors (Lipinski definition) is 3. The maximum absolute atomic E-state index is 7.04. The van der Waals surface area contributed by atoms with Crippen LogP contribution in [0.2, 0.25) is 0 Å². The van der Waals surface area contributed by atoms with Gasteiger partial charge in [0.1, 0.15) is 5.76 Å². The molecule has 3 heteroatoms. The van der Waals surface area contributed by atoms with E-state index in [0.29, 0.717) is 11.3 Å². The normalized spacial score (nSPS) is 12.2. The molecule has 0 unspecified atom stereocenters. The smallest absolute Gasteiger partial charge is 0.173 e. The molecule has 0 heterocycles. The molecule has 0 fully saturated rings. The molecule has 0 spiro atoms. The van der Waals surface area contributed by atoms with Gasteiger partial charge in [0.05, 0.1) is 0 Å². The molecule has 0 aromatic rings. The van der Waals surface area contributed by atoms with E-state index in [1.807, 2.05) is 6.92 Å². The molecule has 0 aromatic carbocycles. The molecule has 0 bridgehead atoms. The highest BCUT2D eigenvalue weighted by Crippen LogP contribution is 2.16. The highest BCUT2D eigenvalue weighted by molar-refractivity contribution is 5.83. The number of rotatable bonds is 5. The Labute approximate surface area is 78.4 Å². The molecular formula is C10H14N2O. The van der Waals surface area contributed by atoms with Crippen molar-refractivity contribution in [3.8, 4) is 0 Å². The van der Waals surface area contributed by atoms with Gasteiger partial charge in [-0.1, -0.05) is 12.7 Å². The van der Waals surface area contributed by atoms with Crippen LogP contribution in [0, 0.1) is 10.8 Å². The maximum Gasteiger partial charge on any atom is 0.173 e. The summed E-state index contributed by atoms with van der Waals surface area (Å²) in [7, 11) is 0. The van der Waals surface area contributed by atoms with E-state index in [2.05, 4.69) is 6.58 Å². The molecule has 0 radical (unpaired) electrons. The minimum Gasteiger partial charge on any atom is -0.446 e. The second kappa shape index (κ2) is 5.94. The average Bonchev–Trinajstić information content (AvgIpc) is 2.17. The average molecular weight is 178 g/mol. The monoisotopic (exact) mass is 178 g/mol. The lowest BCUT2D eigenvalue weighted by Gasteiger charge is -2.08. The first-order chi connectivity index (χ1) is 6.21. The molecule has 0 aliphatic carbocycles. The van der Waals surface area contributed by atoms with Crippen molar-refractivity contribution in [3.05, 3.63) is 35.6 Å². The number of hydrogen-bond donors (Lipinski definition) is 2. The van der Waals surface area contributed by atoms with Gasteiger partial charge < -0.3 is 10.1 Å². The fourth-order valence-corrected chi connectivity index (χ4v) is 0.914. The summed E-state index contributed by atoms with van der Waals surface area (Å²) >= 11 is 0. The third-order valence-corrected chi connectivity index (χ3v) is 1.52. The van der Waals surface area contributed by atoms with E-state index in [-0.39, 0.29) is 0 Å². The molecule has 0 aromatic heterocycles. The molecule has 3 nitrogen and oxygen atoms in total. The second-order valence-electron chi connectivity index (χ2n) is 2.26. The molecule has 0 saturated heterocycles. The van der Waals surface area contributed by atoms with E-state index < -0.39 is 0 Å². The van der Waals surface area contributed by atoms with Gasteiger partial charge in [0, 0.05) is 11.8 Å². The van der Waals surface area contributed by atoms with Crippen molar-refractivity contribution in [1.82, 2.24) is 0 Å². The van der Waals surface area contributed by atoms with Crippen molar-refractivity contribution in [3.63, 3.8) is 0 Å². The Morgan fingerprint density at radius 1 is 1.23 bits per heavy atom. The van der Waals surface area contributed by atoms with Crippen LogP contribution in [-0.4, -0.2) is 12.6 Å². The van der Waals surface area contributed by atoms with Gasteiger partial charge in [-0.3, -0.25) is 5.41 Å². The SMILES string of the molecule is C=C(C=N)C(=C/C)/C(=C\C)OC=N. The van der Waals surface area contributed by atoms with Gasteiger partial charge in [0.2, 0.25) is 0 Å². The zero-order valence-corrected chi connectivity index (χ0v) is 7.92. The van der Waals surface area contributed by atoms with Crippen LogP contribution in [0.25, 0.3) is 0 Å². The number of nitrogens with one attached hydrogen (secondary N) is 2. The first-order valence-electron chi connectivity index (χ1n) is 3.89. The zero-order chi connectivity index (χ0) is 10.3. The molecule has 70 valence electrons. The highest BCUT2D eigenvalue weighted by Gasteiger charge is 2.05. The largest absolute Gasteiger partial charge is 0.446 e. The van der Waals surface area contributed by atoms with Crippen molar-refractivity contribution in [2.24, 2.45) is 0 Å². The van der Waals surface area contributed by atoms with Gasteiger partial charge in [-0.2, -0.15) is 0 Å². The third-order valence-electron chi connectivity index (χ3n) is 1.52. The van der Waals surface area contributed by atoms with Crippen molar-refractivity contribution >= 4 is 12.6 Å². The van der Waals surface area contributed by atoms with Gasteiger partial charge in [0.25, 0.3) is 0 Å². The standard InChI is InChI=1S/C10H14N2O/c1-4-9(8(3)6-11)10(5-2)13-7-12/h4-7,11-12H,3H2,1-2H3/b9-4-,10-5+,11-6?,12-7?. The molecule has 0 atom stereocenters. The van der Waals surface area contributed by atoms with Crippen molar-refractivity contribution in [2.75, 3.05) is 0 Å². The highest BCUT2D eigenvalue weighted by atomic mass is 16.5. The van der Waals surface area contributed by atoms with Crippen LogP contribution in [0.4, 0.5) is 0 Å². The number of allylic oxidation sites excluding steroid dienone is 3. The molecule has 0 rings (SSSR count). The summed E-state index contributed by atoms with van der Waals surface area (Å²) in [6, 6.07) is 0. The summed E-state index contributed by atoms with van der Waals surface area (Å²) in [4.78, 5) is 0. The molecule has 0 amide bonds. The zero-order valence-electron chi connectivity index (χ0n) is 7.92. The Hall–Kier alpha value is -1.64. The summed E-state index contributed by atoms with van der Waals surface area (Å²) in [6.07, 6.45) is 5.55. The summed E-state index contributed by atoms with van der Waals surface area (Å²) in [5, 5.41) is 13.8. The van der Waals surface area contributed by atoms with Gasteiger partial charge in [-0.15, -0.1) is 0 Å². The van der Waals surface area contributed by atoms with Crippen LogP contribution in [0.1, 0.15) is 13.8 Å². The molecule has 2 N–H and O–H groups in total. The summed E-state index contributed by atoms with van der Waals surface area (Å²) < 4.78 is 4.94. The lowest BCUT2D eigenvalue weighted by molar-refractivity contribution is 0.443. The third kappa shape index (κ3) is 3.07. The predicted molar refractivity (Wildman–Crippen MR) is 55.3 cm³/mol. The van der Waals surface area contributed by atoms with E-state index >= 15 is 0 Å². The van der Waals surface area contributed by atoms with Gasteiger partial charge in [0.15, 0.2) is 6.40 Å². The molecular weight excluding hydrogens is 164 g/mol. The Morgan fingerprint density at radius 2 is 1.85 bits per heavy atom. The summed E-state index contributed by atoms with van der Waals surface area (Å²) in [5.41, 5.74) is 1.30. The van der Waals surface area contributed by atoms with E-state index in [1.165, 1.54) is 0 Å². The minimum atomic E-state index is 0.547. The molecule has 0 aliphatic heterocycles. The van der Waals surface area contributed by atoms with Crippen LogP contribution in [0.15, 0.2) is 35.6 Å². The Morgan fingerprint density at radius 3 is 2.15 bits per heavy atom. The number of ether oxygens (including phenoxy) is 1. The van der Waals surface area contributed by atoms with Crippen LogP contribution in [-0.2, 0) is 4.74 Å². The summed E-state index contributed by atoms with van der Waals surface area (Å²) in [5.74, 6) is 0.547. The maximum atomic E-state index is 7.04. The lowest BCUT2D eigenvalue weighted by Crippen LogP contribution is -1.97. The van der Waals surface area contributed by atoms with E-state index in [4.69, 9.17) is 15.6 Å². The lowest BCUT2D eigenvalue weighted by atomic mass is 10.1. The second-order valence-corrected chi connectivity index (χ2v) is 2.26. The first kappa shape index (κ1) is 11.4. The van der Waals surface area contributed by atoms with Crippen LogP contribution < -0.4 is 0 Å². The topological polar surface area (TPSA) is 56.9 Å². The van der Waals surface area contributed by atoms with Crippen LogP contribution in [0.5, 0.6) is 0 Å². The van der Waals surface area contributed by atoms with E-state index in [0.717, 1.165) is 18.2 Å². The van der Waals surface area contributed by atoms with Crippen molar-refractivity contribution < 1.29 is 4.74 Å². The first-order valence-corrected chi connectivity index (χ1v) is 3.89. The van der Waals surface area contributed by atoms with Crippen LogP contribution in [0.3, 0.4) is 0 Å². The Bertz CT molecular complexity index is 275. The quantitative estimate of drug-likeness (QED) is 0.289. The van der Waals surface area contributed by atoms with Crippen LogP contribution >= 0.6 is 0 Å². The van der Waals surface area contributed by atoms with Gasteiger partial charge in [-0.25, -0.2) is 0 Å². The fraction of sp³-hybridized carbons (Fsp3) is 0.200. The van der Waals surface area contributed by atoms with Crippen molar-refractivity contribution in [1.29, 1.82) is 10.8 Å². The minimum absolute atomic E-state index is 0.547. The van der Waals surface area contributed by atoms with Crippen molar-refractivity contribution in [2.45, 2.75) is 13.8 Å². The Balaban J connectivity index is 4.86. The van der Waals surface area contributed by atoms with Gasteiger partial charge >= 0.3 is 0 Å². The molecule has 13 heavy (non-hydrogen) atoms. The van der Waals surface area contributed by atoms with E-state index in [9.17, 15) is 0 Å². The molecule has 0 saturated carbocycles.